The zero-order valence-electron chi connectivity index (χ0n) is 26.1. The van der Waals surface area contributed by atoms with Crippen LogP contribution in [0.25, 0.3) is 0 Å². The summed E-state index contributed by atoms with van der Waals surface area (Å²) in [5, 5.41) is 3.52. The van der Waals surface area contributed by atoms with Crippen molar-refractivity contribution in [2.45, 2.75) is 64.1 Å². The Hall–Kier alpha value is -4.14. The number of hydrogen-bond donors (Lipinski definition) is 1. The van der Waals surface area contributed by atoms with Crippen molar-refractivity contribution in [1.29, 1.82) is 0 Å². The van der Waals surface area contributed by atoms with Gasteiger partial charge in [0.05, 0.1) is 10.6 Å². The molecule has 0 heterocycles. The van der Waals surface area contributed by atoms with Crippen molar-refractivity contribution >= 4 is 39.1 Å². The lowest BCUT2D eigenvalue weighted by Gasteiger charge is -2.34. The summed E-state index contributed by atoms with van der Waals surface area (Å²) in [6, 6.07) is 29.2. The molecule has 45 heavy (non-hydrogen) atoms. The van der Waals surface area contributed by atoms with E-state index in [1.54, 1.807) is 60.7 Å². The van der Waals surface area contributed by atoms with Gasteiger partial charge in [-0.3, -0.25) is 13.9 Å². The molecule has 4 aromatic carbocycles. The number of hydrogen-bond acceptors (Lipinski definition) is 4. The fraction of sp³-hybridized carbons (Fsp3) is 0.278. The smallest absolute Gasteiger partial charge is 0.264 e. The van der Waals surface area contributed by atoms with Crippen molar-refractivity contribution in [1.82, 2.24) is 10.2 Å². The van der Waals surface area contributed by atoms with Crippen LogP contribution in [0.4, 0.5) is 5.69 Å². The second-order valence-corrected chi connectivity index (χ2v) is 13.6. The number of rotatable bonds is 13. The number of aryl methyl sites for hydroxylation is 2. The average Bonchev–Trinajstić information content (AvgIpc) is 3.02. The molecule has 1 N–H and O–H groups in total. The maximum atomic E-state index is 14.6. The minimum absolute atomic E-state index is 0.0763. The molecule has 0 saturated heterocycles. The highest BCUT2D eigenvalue weighted by Gasteiger charge is 2.35. The van der Waals surface area contributed by atoms with Crippen LogP contribution in [-0.4, -0.2) is 43.8 Å². The number of amides is 2. The largest absolute Gasteiger partial charge is 0.352 e. The van der Waals surface area contributed by atoms with Crippen LogP contribution in [-0.2, 0) is 39.0 Å². The number of para-hydroxylation sites is 1. The van der Waals surface area contributed by atoms with E-state index >= 15 is 0 Å². The molecule has 0 aliphatic heterocycles. The van der Waals surface area contributed by atoms with Gasteiger partial charge in [0.1, 0.15) is 12.6 Å². The minimum atomic E-state index is -4.17. The zero-order valence-corrected chi connectivity index (χ0v) is 27.7. The van der Waals surface area contributed by atoms with Crippen LogP contribution < -0.4 is 9.62 Å². The number of nitrogens with one attached hydrogen (secondary N) is 1. The van der Waals surface area contributed by atoms with Gasteiger partial charge in [-0.25, -0.2) is 8.42 Å². The van der Waals surface area contributed by atoms with Gasteiger partial charge < -0.3 is 10.2 Å². The van der Waals surface area contributed by atoms with Crippen LogP contribution in [0.15, 0.2) is 108 Å². The SMILES string of the molecule is CCc1ccccc1N(CC(=O)N(Cc1ccc(Cl)cc1)[C@@H](Cc1ccccc1)C(=O)NC(C)C)S(=O)(=O)c1ccc(C)cc1. The summed E-state index contributed by atoms with van der Waals surface area (Å²) in [6.07, 6.45) is 0.807. The standard InChI is InChI=1S/C36H40ClN3O4S/c1-5-30-13-9-10-14-33(30)40(45(43,44)32-21-15-27(4)16-22-32)25-35(41)39(24-29-17-19-31(37)20-18-29)34(36(42)38-26(2)3)23-28-11-7-6-8-12-28/h6-22,26,34H,5,23-25H2,1-4H3,(H,38,42)/t34-/m0/s1. The van der Waals surface area contributed by atoms with Gasteiger partial charge in [0.2, 0.25) is 11.8 Å². The van der Waals surface area contributed by atoms with Crippen molar-refractivity contribution in [3.8, 4) is 0 Å². The Kier molecular flexibility index (Phi) is 11.4. The topological polar surface area (TPSA) is 86.8 Å². The third-order valence-corrected chi connectivity index (χ3v) is 9.52. The van der Waals surface area contributed by atoms with Gasteiger partial charge in [0, 0.05) is 24.0 Å². The molecule has 7 nitrogen and oxygen atoms in total. The van der Waals surface area contributed by atoms with Gasteiger partial charge in [-0.15, -0.1) is 0 Å². The average molecular weight is 646 g/mol. The van der Waals surface area contributed by atoms with Crippen LogP contribution in [0.1, 0.15) is 43.0 Å². The predicted octanol–water partition coefficient (Wildman–Crippen LogP) is 6.57. The van der Waals surface area contributed by atoms with Gasteiger partial charge in [-0.2, -0.15) is 0 Å². The highest BCUT2D eigenvalue weighted by Crippen LogP contribution is 2.29. The van der Waals surface area contributed by atoms with Crippen LogP contribution in [0.3, 0.4) is 0 Å². The molecule has 2 amide bonds. The quantitative estimate of drug-likeness (QED) is 0.178. The Labute approximate surface area is 271 Å². The van der Waals surface area contributed by atoms with Gasteiger partial charge in [0.25, 0.3) is 10.0 Å². The highest BCUT2D eigenvalue weighted by atomic mass is 35.5. The van der Waals surface area contributed by atoms with Gasteiger partial charge in [-0.1, -0.05) is 96.9 Å². The lowest BCUT2D eigenvalue weighted by atomic mass is 10.0. The van der Waals surface area contributed by atoms with E-state index in [0.29, 0.717) is 17.1 Å². The first-order chi connectivity index (χ1) is 21.5. The number of benzene rings is 4. The second kappa shape index (κ2) is 15.2. The molecule has 4 aromatic rings. The summed E-state index contributed by atoms with van der Waals surface area (Å²) in [5.41, 5.74) is 3.75. The van der Waals surface area contributed by atoms with Crippen molar-refractivity contribution in [2.24, 2.45) is 0 Å². The van der Waals surface area contributed by atoms with E-state index < -0.39 is 28.5 Å². The first-order valence-electron chi connectivity index (χ1n) is 15.0. The molecule has 0 aliphatic rings. The van der Waals surface area contributed by atoms with E-state index in [9.17, 15) is 18.0 Å². The fourth-order valence-corrected chi connectivity index (χ4v) is 6.70. The van der Waals surface area contributed by atoms with Crippen molar-refractivity contribution < 1.29 is 18.0 Å². The van der Waals surface area contributed by atoms with Gasteiger partial charge in [-0.05, 0) is 74.2 Å². The van der Waals surface area contributed by atoms with Gasteiger partial charge >= 0.3 is 0 Å². The van der Waals surface area contributed by atoms with E-state index in [4.69, 9.17) is 11.6 Å². The molecule has 0 bridgehead atoms. The molecule has 4 rings (SSSR count). The monoisotopic (exact) mass is 645 g/mol. The minimum Gasteiger partial charge on any atom is -0.352 e. The molecule has 1 atom stereocenters. The summed E-state index contributed by atoms with van der Waals surface area (Å²) in [7, 11) is -4.17. The fourth-order valence-electron chi connectivity index (χ4n) is 5.13. The third-order valence-electron chi connectivity index (χ3n) is 7.50. The second-order valence-electron chi connectivity index (χ2n) is 11.3. The van der Waals surface area contributed by atoms with Crippen molar-refractivity contribution in [3.63, 3.8) is 0 Å². The lowest BCUT2D eigenvalue weighted by molar-refractivity contribution is -0.140. The summed E-state index contributed by atoms with van der Waals surface area (Å²) in [5.74, 6) is -0.829. The first-order valence-corrected chi connectivity index (χ1v) is 16.9. The lowest BCUT2D eigenvalue weighted by Crippen LogP contribution is -2.54. The molecule has 0 spiro atoms. The predicted molar refractivity (Wildman–Crippen MR) is 181 cm³/mol. The molecular weight excluding hydrogens is 606 g/mol. The zero-order chi connectivity index (χ0) is 32.6. The van der Waals surface area contributed by atoms with E-state index in [-0.39, 0.29) is 29.8 Å². The van der Waals surface area contributed by atoms with E-state index in [2.05, 4.69) is 5.32 Å². The number of halogens is 1. The Balaban J connectivity index is 1.83. The number of carbonyl (C=O) groups is 2. The Morgan fingerprint density at radius 3 is 2.07 bits per heavy atom. The number of sulfonamides is 1. The maximum Gasteiger partial charge on any atom is 0.264 e. The van der Waals surface area contributed by atoms with E-state index in [1.165, 1.54) is 9.21 Å². The Morgan fingerprint density at radius 2 is 1.44 bits per heavy atom. The molecular formula is C36H40ClN3O4S. The molecule has 9 heteroatoms. The Morgan fingerprint density at radius 1 is 0.822 bits per heavy atom. The van der Waals surface area contributed by atoms with Crippen LogP contribution in [0, 0.1) is 6.92 Å². The van der Waals surface area contributed by atoms with Crippen LogP contribution >= 0.6 is 11.6 Å². The molecule has 0 aromatic heterocycles. The van der Waals surface area contributed by atoms with Crippen LogP contribution in [0.2, 0.25) is 5.02 Å². The molecule has 236 valence electrons. The molecule has 0 aliphatic carbocycles. The van der Waals surface area contributed by atoms with Crippen molar-refractivity contribution in [3.05, 3.63) is 130 Å². The molecule has 0 unspecified atom stereocenters. The molecule has 0 saturated carbocycles. The number of nitrogens with zero attached hydrogens (tertiary/aromatic N) is 2. The highest BCUT2D eigenvalue weighted by molar-refractivity contribution is 7.92. The van der Waals surface area contributed by atoms with Crippen molar-refractivity contribution in [2.75, 3.05) is 10.8 Å². The number of carbonyl (C=O) groups excluding carboxylic acids is 2. The van der Waals surface area contributed by atoms with Crippen LogP contribution in [0.5, 0.6) is 0 Å². The summed E-state index contributed by atoms with van der Waals surface area (Å²) in [4.78, 5) is 29.9. The molecule has 0 radical (unpaired) electrons. The number of anilines is 1. The summed E-state index contributed by atoms with van der Waals surface area (Å²) >= 11 is 6.15. The summed E-state index contributed by atoms with van der Waals surface area (Å²) in [6.45, 7) is 7.12. The summed E-state index contributed by atoms with van der Waals surface area (Å²) < 4.78 is 29.7. The maximum absolute atomic E-state index is 14.6. The normalized spacial score (nSPS) is 12.0. The van der Waals surface area contributed by atoms with Gasteiger partial charge in [0.15, 0.2) is 0 Å². The third kappa shape index (κ3) is 8.74. The first kappa shape index (κ1) is 33.7. The van der Waals surface area contributed by atoms with E-state index in [1.807, 2.05) is 70.2 Å². The van der Waals surface area contributed by atoms with E-state index in [0.717, 1.165) is 22.3 Å². The molecule has 0 fully saturated rings. The Bertz CT molecular complexity index is 1690.